The van der Waals surface area contributed by atoms with Crippen LogP contribution in [-0.4, -0.2) is 21.1 Å². The minimum Gasteiger partial charge on any atom is -0.479 e. The molecule has 0 saturated carbocycles. The predicted molar refractivity (Wildman–Crippen MR) is 58.1 cm³/mol. The molecule has 0 aliphatic heterocycles. The lowest BCUT2D eigenvalue weighted by Crippen LogP contribution is -2.11. The van der Waals surface area contributed by atoms with Gasteiger partial charge in [0.25, 0.3) is 5.69 Å². The van der Waals surface area contributed by atoms with E-state index in [1.165, 1.54) is 19.1 Å². The van der Waals surface area contributed by atoms with Crippen LogP contribution in [0.2, 0.25) is 0 Å². The van der Waals surface area contributed by atoms with Gasteiger partial charge in [-0.1, -0.05) is 15.9 Å². The van der Waals surface area contributed by atoms with Gasteiger partial charge in [-0.05, 0) is 13.0 Å². The summed E-state index contributed by atoms with van der Waals surface area (Å²) in [6, 6.07) is 2.46. The highest BCUT2D eigenvalue weighted by Gasteiger charge is 2.22. The number of hydrogen-bond acceptors (Lipinski definition) is 4. The fourth-order valence-electron chi connectivity index (χ4n) is 1.23. The lowest BCUT2D eigenvalue weighted by molar-refractivity contribution is -0.385. The van der Waals surface area contributed by atoms with Crippen molar-refractivity contribution in [3.05, 3.63) is 37.8 Å². The number of nitrogens with zero attached hydrogens (tertiary/aromatic N) is 1. The Kier molecular flexibility index (Phi) is 3.61. The molecule has 0 aliphatic rings. The molecular weight excluding hydrogens is 282 g/mol. The summed E-state index contributed by atoms with van der Waals surface area (Å²) >= 11 is 2.99. The van der Waals surface area contributed by atoms with Crippen LogP contribution in [0.3, 0.4) is 0 Å². The lowest BCUT2D eigenvalue weighted by Gasteiger charge is -2.09. The number of rotatable bonds is 3. The molecule has 1 aromatic carbocycles. The summed E-state index contributed by atoms with van der Waals surface area (Å²) in [6.07, 6.45) is -1.70. The van der Waals surface area contributed by atoms with Crippen LogP contribution in [0.15, 0.2) is 16.6 Å². The molecular formula is C9H8BrNO5. The average molecular weight is 290 g/mol. The number of benzene rings is 1. The van der Waals surface area contributed by atoms with Gasteiger partial charge in [0, 0.05) is 21.7 Å². The lowest BCUT2D eigenvalue weighted by atomic mass is 10.1. The summed E-state index contributed by atoms with van der Waals surface area (Å²) < 4.78 is 0.194. The first kappa shape index (κ1) is 12.6. The Hall–Kier alpha value is -1.47. The van der Waals surface area contributed by atoms with E-state index in [1.54, 1.807) is 0 Å². The number of aliphatic carboxylic acids is 1. The number of aliphatic hydroxyl groups excluding tert-OH is 1. The number of carbonyl (C=O) groups is 1. The van der Waals surface area contributed by atoms with Gasteiger partial charge in [0.05, 0.1) is 4.92 Å². The summed E-state index contributed by atoms with van der Waals surface area (Å²) in [5.41, 5.74) is 0.257. The van der Waals surface area contributed by atoms with Gasteiger partial charge in [-0.2, -0.15) is 0 Å². The SMILES string of the molecule is Cc1cc(C(O)C(=O)O)c(Br)cc1[N+](=O)[O-]. The zero-order chi connectivity index (χ0) is 12.5. The molecule has 1 atom stereocenters. The van der Waals surface area contributed by atoms with Gasteiger partial charge in [-0.3, -0.25) is 10.1 Å². The molecule has 1 unspecified atom stereocenters. The van der Waals surface area contributed by atoms with E-state index in [-0.39, 0.29) is 15.7 Å². The second-order valence-electron chi connectivity index (χ2n) is 3.16. The summed E-state index contributed by atoms with van der Waals surface area (Å²) in [5, 5.41) is 28.6. The van der Waals surface area contributed by atoms with E-state index in [9.17, 15) is 20.0 Å². The van der Waals surface area contributed by atoms with Gasteiger partial charge in [0.2, 0.25) is 0 Å². The van der Waals surface area contributed by atoms with Crippen LogP contribution < -0.4 is 0 Å². The fourth-order valence-corrected chi connectivity index (χ4v) is 1.78. The highest BCUT2D eigenvalue weighted by molar-refractivity contribution is 9.10. The Labute approximate surface area is 98.8 Å². The van der Waals surface area contributed by atoms with Crippen molar-refractivity contribution >= 4 is 27.6 Å². The molecule has 2 N–H and O–H groups in total. The van der Waals surface area contributed by atoms with Crippen molar-refractivity contribution in [3.63, 3.8) is 0 Å². The number of carboxylic acids is 1. The zero-order valence-corrected chi connectivity index (χ0v) is 9.76. The van der Waals surface area contributed by atoms with Crippen molar-refractivity contribution in [1.82, 2.24) is 0 Å². The second kappa shape index (κ2) is 4.58. The highest BCUT2D eigenvalue weighted by atomic mass is 79.9. The zero-order valence-electron chi connectivity index (χ0n) is 8.18. The van der Waals surface area contributed by atoms with Crippen molar-refractivity contribution in [3.8, 4) is 0 Å². The summed E-state index contributed by atoms with van der Waals surface area (Å²) in [5.74, 6) is -1.41. The van der Waals surface area contributed by atoms with Crippen LogP contribution in [0.4, 0.5) is 5.69 Å². The molecule has 86 valence electrons. The van der Waals surface area contributed by atoms with E-state index in [0.717, 1.165) is 0 Å². The first-order valence-electron chi connectivity index (χ1n) is 4.20. The molecule has 0 amide bonds. The molecule has 1 aromatic rings. The Morgan fingerprint density at radius 2 is 2.12 bits per heavy atom. The van der Waals surface area contributed by atoms with Crippen LogP contribution in [-0.2, 0) is 4.79 Å². The molecule has 0 fully saturated rings. The van der Waals surface area contributed by atoms with Crippen molar-refractivity contribution in [2.24, 2.45) is 0 Å². The maximum absolute atomic E-state index is 10.6. The van der Waals surface area contributed by atoms with E-state index < -0.39 is 17.0 Å². The van der Waals surface area contributed by atoms with Gasteiger partial charge in [-0.25, -0.2) is 4.79 Å². The van der Waals surface area contributed by atoms with E-state index >= 15 is 0 Å². The number of nitro groups is 1. The molecule has 1 rings (SSSR count). The standard InChI is InChI=1S/C9H8BrNO5/c1-4-2-5(8(12)9(13)14)6(10)3-7(4)11(15)16/h2-3,8,12H,1H3,(H,13,14). The number of hydrogen-bond donors (Lipinski definition) is 2. The minimum absolute atomic E-state index is 0.0931. The number of nitro benzene ring substituents is 1. The first-order valence-corrected chi connectivity index (χ1v) is 4.99. The predicted octanol–water partition coefficient (Wildman–Crippen LogP) is 1.78. The molecule has 0 bridgehead atoms. The molecule has 0 aromatic heterocycles. The largest absolute Gasteiger partial charge is 0.479 e. The van der Waals surface area contributed by atoms with Gasteiger partial charge in [-0.15, -0.1) is 0 Å². The molecule has 7 heteroatoms. The van der Waals surface area contributed by atoms with Crippen LogP contribution >= 0.6 is 15.9 Å². The van der Waals surface area contributed by atoms with Crippen molar-refractivity contribution in [2.75, 3.05) is 0 Å². The maximum Gasteiger partial charge on any atom is 0.337 e. The van der Waals surface area contributed by atoms with Crippen LogP contribution in [0.25, 0.3) is 0 Å². The number of halogens is 1. The molecule has 0 radical (unpaired) electrons. The topological polar surface area (TPSA) is 101 Å². The Bertz CT molecular complexity index is 459. The van der Waals surface area contributed by atoms with E-state index in [0.29, 0.717) is 5.56 Å². The third kappa shape index (κ3) is 2.37. The Balaban J connectivity index is 3.31. The Morgan fingerprint density at radius 3 is 2.56 bits per heavy atom. The van der Waals surface area contributed by atoms with Crippen LogP contribution in [0.5, 0.6) is 0 Å². The summed E-state index contributed by atoms with van der Waals surface area (Å²) in [6.45, 7) is 1.47. The molecule has 0 spiro atoms. The quantitative estimate of drug-likeness (QED) is 0.652. The molecule has 6 nitrogen and oxygen atoms in total. The van der Waals surface area contributed by atoms with Crippen LogP contribution in [0.1, 0.15) is 17.2 Å². The average Bonchev–Trinajstić information content (AvgIpc) is 2.19. The summed E-state index contributed by atoms with van der Waals surface area (Å²) in [4.78, 5) is 20.6. The molecule has 0 heterocycles. The van der Waals surface area contributed by atoms with E-state index in [2.05, 4.69) is 15.9 Å². The normalized spacial score (nSPS) is 12.2. The van der Waals surface area contributed by atoms with Crippen molar-refractivity contribution in [1.29, 1.82) is 0 Å². The number of carboxylic acid groups (broad SMARTS) is 1. The van der Waals surface area contributed by atoms with E-state index in [1.807, 2.05) is 0 Å². The van der Waals surface area contributed by atoms with Gasteiger partial charge in [0.15, 0.2) is 6.10 Å². The smallest absolute Gasteiger partial charge is 0.337 e. The third-order valence-electron chi connectivity index (χ3n) is 2.04. The van der Waals surface area contributed by atoms with Crippen LogP contribution in [0, 0.1) is 17.0 Å². The van der Waals surface area contributed by atoms with Crippen molar-refractivity contribution in [2.45, 2.75) is 13.0 Å². The second-order valence-corrected chi connectivity index (χ2v) is 4.01. The fraction of sp³-hybridized carbons (Fsp3) is 0.222. The van der Waals surface area contributed by atoms with Gasteiger partial charge < -0.3 is 10.2 Å². The van der Waals surface area contributed by atoms with Crippen molar-refractivity contribution < 1.29 is 19.9 Å². The maximum atomic E-state index is 10.6. The van der Waals surface area contributed by atoms with Gasteiger partial charge in [0.1, 0.15) is 0 Å². The molecule has 16 heavy (non-hydrogen) atoms. The molecule has 0 aliphatic carbocycles. The monoisotopic (exact) mass is 289 g/mol. The number of aryl methyl sites for hydroxylation is 1. The highest BCUT2D eigenvalue weighted by Crippen LogP contribution is 2.30. The minimum atomic E-state index is -1.70. The molecule has 0 saturated heterocycles. The first-order chi connectivity index (χ1) is 7.34. The number of aliphatic hydroxyl groups is 1. The van der Waals surface area contributed by atoms with E-state index in [4.69, 9.17) is 5.11 Å². The van der Waals surface area contributed by atoms with Gasteiger partial charge >= 0.3 is 5.97 Å². The third-order valence-corrected chi connectivity index (χ3v) is 2.73. The Morgan fingerprint density at radius 1 is 1.56 bits per heavy atom. The summed E-state index contributed by atoms with van der Waals surface area (Å²) in [7, 11) is 0.